The van der Waals surface area contributed by atoms with Gasteiger partial charge in [-0.3, -0.25) is 9.59 Å². The largest absolute Gasteiger partial charge is 0.399 e. The third-order valence-corrected chi connectivity index (χ3v) is 3.66. The van der Waals surface area contributed by atoms with Gasteiger partial charge in [0.15, 0.2) is 5.16 Å². The predicted molar refractivity (Wildman–Crippen MR) is 84.8 cm³/mol. The molecule has 0 atom stereocenters. The summed E-state index contributed by atoms with van der Waals surface area (Å²) in [6.07, 6.45) is 0. The molecular weight excluding hydrogens is 312 g/mol. The zero-order chi connectivity index (χ0) is 15.4. The Labute approximate surface area is 130 Å². The molecule has 21 heavy (non-hydrogen) atoms. The third-order valence-electron chi connectivity index (χ3n) is 2.45. The highest BCUT2D eigenvalue weighted by atomic mass is 35.5. The number of halogens is 1. The number of aromatic nitrogens is 2. The highest BCUT2D eigenvalue weighted by Crippen LogP contribution is 2.24. The highest BCUT2D eigenvalue weighted by Gasteiger charge is 2.08. The van der Waals surface area contributed by atoms with E-state index in [0.29, 0.717) is 27.2 Å². The molecule has 2 rings (SSSR count). The number of hydrogen-bond donors (Lipinski definition) is 3. The van der Waals surface area contributed by atoms with Gasteiger partial charge in [-0.15, -0.1) is 0 Å². The van der Waals surface area contributed by atoms with Crippen molar-refractivity contribution in [1.82, 2.24) is 9.97 Å². The predicted octanol–water partition coefficient (Wildman–Crippen LogP) is 2.04. The molecule has 0 spiro atoms. The zero-order valence-corrected chi connectivity index (χ0v) is 12.7. The van der Waals surface area contributed by atoms with E-state index in [2.05, 4.69) is 15.3 Å². The quantitative estimate of drug-likeness (QED) is 0.454. The summed E-state index contributed by atoms with van der Waals surface area (Å²) in [5.74, 6) is -0.172. The number of thioether (sulfide) groups is 1. The SMILES string of the molecule is Cc1cc(=O)[nH]c(SCC(=O)Nc2cc(N)ccc2Cl)n1. The number of nitrogens with one attached hydrogen (secondary N) is 2. The number of carbonyl (C=O) groups excluding carboxylic acids is 1. The Bertz CT molecular complexity index is 732. The molecule has 1 amide bonds. The lowest BCUT2D eigenvalue weighted by atomic mass is 10.3. The zero-order valence-electron chi connectivity index (χ0n) is 11.1. The number of aromatic amines is 1. The van der Waals surface area contributed by atoms with Crippen LogP contribution >= 0.6 is 23.4 Å². The Balaban J connectivity index is 1.99. The number of hydrogen-bond acceptors (Lipinski definition) is 5. The lowest BCUT2D eigenvalue weighted by Crippen LogP contribution is -2.16. The standard InChI is InChI=1S/C13H13ClN4O2S/c1-7-4-11(19)18-13(16-7)21-6-12(20)17-10-5-8(15)2-3-9(10)14/h2-5H,6,15H2,1H3,(H,17,20)(H,16,18,19). The van der Waals surface area contributed by atoms with Crippen molar-refractivity contribution in [3.8, 4) is 0 Å². The first-order valence-electron chi connectivity index (χ1n) is 5.99. The highest BCUT2D eigenvalue weighted by molar-refractivity contribution is 7.99. The normalized spacial score (nSPS) is 10.4. The fraction of sp³-hybridized carbons (Fsp3) is 0.154. The van der Waals surface area contributed by atoms with Crippen molar-refractivity contribution >= 4 is 40.6 Å². The second-order valence-corrected chi connectivity index (χ2v) is 5.64. The number of anilines is 2. The summed E-state index contributed by atoms with van der Waals surface area (Å²) in [5, 5.41) is 3.46. The van der Waals surface area contributed by atoms with Crippen LogP contribution in [0, 0.1) is 6.92 Å². The number of nitrogens with two attached hydrogens (primary N) is 1. The van der Waals surface area contributed by atoms with Crippen LogP contribution in [0.4, 0.5) is 11.4 Å². The third kappa shape index (κ3) is 4.51. The summed E-state index contributed by atoms with van der Waals surface area (Å²) in [7, 11) is 0. The van der Waals surface area contributed by atoms with Crippen molar-refractivity contribution < 1.29 is 4.79 Å². The van der Waals surface area contributed by atoms with Gasteiger partial charge in [0.05, 0.1) is 16.5 Å². The van der Waals surface area contributed by atoms with E-state index in [-0.39, 0.29) is 17.2 Å². The molecule has 0 aliphatic rings. The molecule has 2 aromatic rings. The van der Waals surface area contributed by atoms with Crippen molar-refractivity contribution in [2.75, 3.05) is 16.8 Å². The summed E-state index contributed by atoms with van der Waals surface area (Å²) in [6.45, 7) is 1.71. The van der Waals surface area contributed by atoms with Gasteiger partial charge < -0.3 is 16.0 Å². The minimum atomic E-state index is -0.267. The van der Waals surface area contributed by atoms with Gasteiger partial charge >= 0.3 is 0 Å². The molecule has 0 bridgehead atoms. The number of H-pyrrole nitrogens is 1. The average molecular weight is 325 g/mol. The second kappa shape index (κ2) is 6.64. The van der Waals surface area contributed by atoms with E-state index in [1.54, 1.807) is 25.1 Å². The van der Waals surface area contributed by atoms with E-state index in [1.165, 1.54) is 6.07 Å². The first-order chi connectivity index (χ1) is 9.94. The van der Waals surface area contributed by atoms with Crippen LogP contribution in [0.15, 0.2) is 34.2 Å². The van der Waals surface area contributed by atoms with Gasteiger partial charge in [-0.2, -0.15) is 0 Å². The number of aryl methyl sites for hydroxylation is 1. The van der Waals surface area contributed by atoms with E-state index < -0.39 is 0 Å². The monoisotopic (exact) mass is 324 g/mol. The lowest BCUT2D eigenvalue weighted by Gasteiger charge is -2.07. The number of carbonyl (C=O) groups is 1. The number of rotatable bonds is 4. The van der Waals surface area contributed by atoms with Crippen molar-refractivity contribution in [1.29, 1.82) is 0 Å². The minimum Gasteiger partial charge on any atom is -0.399 e. The smallest absolute Gasteiger partial charge is 0.251 e. The van der Waals surface area contributed by atoms with Crippen LogP contribution in [0.5, 0.6) is 0 Å². The summed E-state index contributed by atoms with van der Waals surface area (Å²) in [4.78, 5) is 29.8. The van der Waals surface area contributed by atoms with Crippen molar-refractivity contribution in [3.05, 3.63) is 45.3 Å². The Kier molecular flexibility index (Phi) is 4.87. The van der Waals surface area contributed by atoms with Crippen LogP contribution < -0.4 is 16.6 Å². The number of nitrogen functional groups attached to an aromatic ring is 1. The van der Waals surface area contributed by atoms with Crippen molar-refractivity contribution in [2.45, 2.75) is 12.1 Å². The van der Waals surface area contributed by atoms with Gasteiger partial charge in [-0.1, -0.05) is 23.4 Å². The topological polar surface area (TPSA) is 101 Å². The van der Waals surface area contributed by atoms with Crippen LogP contribution in [0.3, 0.4) is 0 Å². The van der Waals surface area contributed by atoms with Gasteiger partial charge in [-0.05, 0) is 25.1 Å². The molecule has 1 heterocycles. The first-order valence-corrected chi connectivity index (χ1v) is 7.36. The van der Waals surface area contributed by atoms with Crippen molar-refractivity contribution in [2.24, 2.45) is 0 Å². The summed E-state index contributed by atoms with van der Waals surface area (Å²) in [5.41, 5.74) is 6.95. The molecule has 4 N–H and O–H groups in total. The molecule has 1 aromatic heterocycles. The fourth-order valence-electron chi connectivity index (χ4n) is 1.58. The molecule has 0 fully saturated rings. The van der Waals surface area contributed by atoms with E-state index in [4.69, 9.17) is 17.3 Å². The lowest BCUT2D eigenvalue weighted by molar-refractivity contribution is -0.113. The fourth-order valence-corrected chi connectivity index (χ4v) is 2.46. The van der Waals surface area contributed by atoms with Gasteiger partial charge in [0, 0.05) is 17.4 Å². The van der Waals surface area contributed by atoms with Crippen LogP contribution in [0.1, 0.15) is 5.69 Å². The van der Waals surface area contributed by atoms with E-state index in [1.807, 2.05) is 0 Å². The Morgan fingerprint density at radius 3 is 2.95 bits per heavy atom. The number of nitrogens with zero attached hydrogens (tertiary/aromatic N) is 1. The maximum Gasteiger partial charge on any atom is 0.251 e. The molecule has 110 valence electrons. The van der Waals surface area contributed by atoms with Crippen LogP contribution in [-0.4, -0.2) is 21.6 Å². The average Bonchev–Trinajstić information content (AvgIpc) is 2.40. The van der Waals surface area contributed by atoms with Gasteiger partial charge in [0.25, 0.3) is 5.56 Å². The van der Waals surface area contributed by atoms with Gasteiger partial charge in [0.2, 0.25) is 5.91 Å². The summed E-state index contributed by atoms with van der Waals surface area (Å²) >= 11 is 7.10. The summed E-state index contributed by atoms with van der Waals surface area (Å²) < 4.78 is 0. The molecule has 0 unspecified atom stereocenters. The summed E-state index contributed by atoms with van der Waals surface area (Å²) in [6, 6.07) is 6.22. The second-order valence-electron chi connectivity index (χ2n) is 4.27. The van der Waals surface area contributed by atoms with Crippen LogP contribution in [0.2, 0.25) is 5.02 Å². The molecule has 0 aliphatic heterocycles. The van der Waals surface area contributed by atoms with Gasteiger partial charge in [0.1, 0.15) is 0 Å². The number of benzene rings is 1. The molecule has 1 aromatic carbocycles. The molecule has 6 nitrogen and oxygen atoms in total. The molecule has 0 radical (unpaired) electrons. The maximum atomic E-state index is 11.9. The minimum absolute atomic E-state index is 0.0948. The Morgan fingerprint density at radius 1 is 1.48 bits per heavy atom. The maximum absolute atomic E-state index is 11.9. The Morgan fingerprint density at radius 2 is 2.24 bits per heavy atom. The molecule has 0 aliphatic carbocycles. The van der Waals surface area contributed by atoms with Gasteiger partial charge in [-0.25, -0.2) is 4.98 Å². The van der Waals surface area contributed by atoms with Crippen LogP contribution in [0.25, 0.3) is 0 Å². The first kappa shape index (κ1) is 15.4. The molecular formula is C13H13ClN4O2S. The number of amides is 1. The molecule has 0 saturated heterocycles. The molecule has 8 heteroatoms. The van der Waals surface area contributed by atoms with Crippen LogP contribution in [-0.2, 0) is 4.79 Å². The van der Waals surface area contributed by atoms with E-state index in [0.717, 1.165) is 11.8 Å². The van der Waals surface area contributed by atoms with E-state index >= 15 is 0 Å². The Hall–Kier alpha value is -1.99. The van der Waals surface area contributed by atoms with Crippen molar-refractivity contribution in [3.63, 3.8) is 0 Å². The van der Waals surface area contributed by atoms with E-state index in [9.17, 15) is 9.59 Å². The molecule has 0 saturated carbocycles.